The number of amides is 1. The number of carbonyl (C=O) groups excluding carboxylic acids is 1. The molecule has 2 aromatic carbocycles. The summed E-state index contributed by atoms with van der Waals surface area (Å²) in [7, 11) is 0. The van der Waals surface area contributed by atoms with Gasteiger partial charge in [-0.25, -0.2) is 4.39 Å². The van der Waals surface area contributed by atoms with Gasteiger partial charge in [0.25, 0.3) is 5.91 Å². The van der Waals surface area contributed by atoms with E-state index < -0.39 is 0 Å². The molecule has 1 amide bonds. The van der Waals surface area contributed by atoms with Crippen LogP contribution in [0.1, 0.15) is 27.2 Å². The fourth-order valence-electron chi connectivity index (χ4n) is 2.68. The van der Waals surface area contributed by atoms with Crippen molar-refractivity contribution in [3.8, 4) is 11.3 Å². The quantitative estimate of drug-likeness (QED) is 0.762. The van der Waals surface area contributed by atoms with Gasteiger partial charge < -0.3 is 9.84 Å². The van der Waals surface area contributed by atoms with Gasteiger partial charge in [-0.05, 0) is 68.3 Å². The van der Waals surface area contributed by atoms with E-state index in [-0.39, 0.29) is 11.7 Å². The third-order valence-electron chi connectivity index (χ3n) is 3.69. The van der Waals surface area contributed by atoms with Crippen LogP contribution in [0, 0.1) is 26.6 Å². The minimum absolute atomic E-state index is 0.307. The molecule has 4 nitrogen and oxygen atoms in total. The maximum atomic E-state index is 13.1. The molecule has 0 spiro atoms. The van der Waals surface area contributed by atoms with Gasteiger partial charge in [0.15, 0.2) is 0 Å². The van der Waals surface area contributed by atoms with Crippen LogP contribution in [0.2, 0.25) is 0 Å². The smallest absolute Gasteiger partial charge is 0.261 e. The molecule has 0 aliphatic carbocycles. The van der Waals surface area contributed by atoms with Crippen molar-refractivity contribution in [3.63, 3.8) is 0 Å². The molecule has 5 heteroatoms. The number of nitrogens with one attached hydrogen (secondary N) is 1. The molecule has 3 rings (SSSR count). The molecule has 1 heterocycles. The second-order valence-corrected chi connectivity index (χ2v) is 5.80. The van der Waals surface area contributed by atoms with Crippen LogP contribution in [0.3, 0.4) is 0 Å². The lowest BCUT2D eigenvalue weighted by molar-refractivity contribution is 0.102. The third-order valence-corrected chi connectivity index (χ3v) is 3.69. The van der Waals surface area contributed by atoms with Crippen molar-refractivity contribution in [1.29, 1.82) is 0 Å². The number of hydrogen-bond donors (Lipinski definition) is 1. The number of benzene rings is 2. The summed E-state index contributed by atoms with van der Waals surface area (Å²) in [5.74, 6) is -0.241. The van der Waals surface area contributed by atoms with E-state index in [9.17, 15) is 9.18 Å². The van der Waals surface area contributed by atoms with E-state index in [4.69, 9.17) is 4.52 Å². The summed E-state index contributed by atoms with van der Waals surface area (Å²) in [5.41, 5.74) is 4.20. The van der Waals surface area contributed by atoms with Gasteiger partial charge in [-0.1, -0.05) is 11.2 Å². The van der Waals surface area contributed by atoms with E-state index in [1.807, 2.05) is 32.0 Å². The number of nitrogens with zero attached hydrogens (tertiary/aromatic N) is 1. The van der Waals surface area contributed by atoms with Gasteiger partial charge in [-0.2, -0.15) is 0 Å². The zero-order valence-electron chi connectivity index (χ0n) is 13.7. The van der Waals surface area contributed by atoms with Crippen molar-refractivity contribution in [2.24, 2.45) is 0 Å². The van der Waals surface area contributed by atoms with Gasteiger partial charge in [0.1, 0.15) is 22.8 Å². The molecular weight excluding hydrogens is 307 g/mol. The van der Waals surface area contributed by atoms with E-state index in [0.29, 0.717) is 28.3 Å². The molecule has 24 heavy (non-hydrogen) atoms. The molecule has 0 bridgehead atoms. The van der Waals surface area contributed by atoms with Crippen molar-refractivity contribution in [1.82, 2.24) is 5.16 Å². The van der Waals surface area contributed by atoms with Crippen molar-refractivity contribution in [3.05, 3.63) is 70.7 Å². The highest BCUT2D eigenvalue weighted by Crippen LogP contribution is 2.26. The number of halogens is 1. The highest BCUT2D eigenvalue weighted by atomic mass is 19.1. The van der Waals surface area contributed by atoms with Crippen LogP contribution in [0.5, 0.6) is 0 Å². The first kappa shape index (κ1) is 15.9. The first-order valence-electron chi connectivity index (χ1n) is 7.56. The molecule has 122 valence electrons. The fraction of sp³-hybridized carbons (Fsp3) is 0.158. The number of hydrogen-bond acceptors (Lipinski definition) is 3. The van der Waals surface area contributed by atoms with Gasteiger partial charge in [-0.3, -0.25) is 4.79 Å². The summed E-state index contributed by atoms with van der Waals surface area (Å²) in [6.07, 6.45) is 0. The van der Waals surface area contributed by atoms with Crippen LogP contribution >= 0.6 is 0 Å². The Morgan fingerprint density at radius 3 is 2.29 bits per heavy atom. The highest BCUT2D eigenvalue weighted by molar-refractivity contribution is 6.08. The molecule has 0 fully saturated rings. The predicted molar refractivity (Wildman–Crippen MR) is 90.5 cm³/mol. The van der Waals surface area contributed by atoms with Crippen LogP contribution in [0.4, 0.5) is 10.1 Å². The fourth-order valence-corrected chi connectivity index (χ4v) is 2.68. The summed E-state index contributed by atoms with van der Waals surface area (Å²) in [6, 6.07) is 11.6. The molecule has 0 aliphatic rings. The Kier molecular flexibility index (Phi) is 4.16. The van der Waals surface area contributed by atoms with Crippen LogP contribution < -0.4 is 5.32 Å². The highest BCUT2D eigenvalue weighted by Gasteiger charge is 2.21. The minimum atomic E-state index is -0.347. The Balaban J connectivity index is 1.95. The monoisotopic (exact) mass is 324 g/mol. The van der Waals surface area contributed by atoms with Gasteiger partial charge in [0.05, 0.1) is 0 Å². The summed E-state index contributed by atoms with van der Waals surface area (Å²) in [5, 5.41) is 6.83. The van der Waals surface area contributed by atoms with Crippen LogP contribution in [0.25, 0.3) is 11.3 Å². The van der Waals surface area contributed by atoms with E-state index in [1.165, 1.54) is 12.1 Å². The van der Waals surface area contributed by atoms with E-state index in [0.717, 1.165) is 11.1 Å². The molecule has 3 aromatic rings. The van der Waals surface area contributed by atoms with Gasteiger partial charge in [0.2, 0.25) is 0 Å². The minimum Gasteiger partial charge on any atom is -0.360 e. The molecule has 1 N–H and O–H groups in total. The molecule has 0 unspecified atom stereocenters. The Morgan fingerprint density at radius 2 is 1.67 bits per heavy atom. The lowest BCUT2D eigenvalue weighted by Gasteiger charge is -2.08. The number of rotatable bonds is 3. The maximum Gasteiger partial charge on any atom is 0.261 e. The number of aromatic nitrogens is 1. The normalized spacial score (nSPS) is 10.7. The topological polar surface area (TPSA) is 55.1 Å². The van der Waals surface area contributed by atoms with E-state index in [2.05, 4.69) is 10.5 Å². The van der Waals surface area contributed by atoms with Crippen LogP contribution in [0.15, 0.2) is 47.0 Å². The SMILES string of the molecule is Cc1cc(C)cc(NC(=O)c2c(-c3ccc(F)cc3)noc2C)c1. The first-order valence-corrected chi connectivity index (χ1v) is 7.56. The number of anilines is 1. The number of carbonyl (C=O) groups is 1. The van der Waals surface area contributed by atoms with Gasteiger partial charge in [-0.15, -0.1) is 0 Å². The van der Waals surface area contributed by atoms with Crippen molar-refractivity contribution < 1.29 is 13.7 Å². The van der Waals surface area contributed by atoms with E-state index in [1.54, 1.807) is 19.1 Å². The Labute approximate surface area is 139 Å². The average molecular weight is 324 g/mol. The molecular formula is C19H17FN2O2. The van der Waals surface area contributed by atoms with Gasteiger partial charge in [0, 0.05) is 11.3 Å². The molecule has 1 aromatic heterocycles. The Hall–Kier alpha value is -2.95. The second-order valence-electron chi connectivity index (χ2n) is 5.80. The Bertz CT molecular complexity index is 878. The van der Waals surface area contributed by atoms with Gasteiger partial charge >= 0.3 is 0 Å². The summed E-state index contributed by atoms with van der Waals surface area (Å²) in [6.45, 7) is 5.62. The zero-order valence-corrected chi connectivity index (χ0v) is 13.7. The average Bonchev–Trinajstić information content (AvgIpc) is 2.88. The van der Waals surface area contributed by atoms with Crippen molar-refractivity contribution >= 4 is 11.6 Å². The Morgan fingerprint density at radius 1 is 1.04 bits per heavy atom. The zero-order chi connectivity index (χ0) is 17.3. The van der Waals surface area contributed by atoms with Crippen LogP contribution in [-0.4, -0.2) is 11.1 Å². The molecule has 0 radical (unpaired) electrons. The predicted octanol–water partition coefficient (Wildman–Crippen LogP) is 4.66. The lowest BCUT2D eigenvalue weighted by Crippen LogP contribution is -2.13. The molecule has 0 aliphatic heterocycles. The molecule has 0 saturated carbocycles. The van der Waals surface area contributed by atoms with Crippen LogP contribution in [-0.2, 0) is 0 Å². The largest absolute Gasteiger partial charge is 0.360 e. The van der Waals surface area contributed by atoms with Crippen molar-refractivity contribution in [2.75, 3.05) is 5.32 Å². The molecule has 0 saturated heterocycles. The van der Waals surface area contributed by atoms with Crippen molar-refractivity contribution in [2.45, 2.75) is 20.8 Å². The molecule has 0 atom stereocenters. The number of aryl methyl sites for hydroxylation is 3. The van der Waals surface area contributed by atoms with E-state index >= 15 is 0 Å². The summed E-state index contributed by atoms with van der Waals surface area (Å²) in [4.78, 5) is 12.7. The summed E-state index contributed by atoms with van der Waals surface area (Å²) < 4.78 is 18.3. The third kappa shape index (κ3) is 3.20. The lowest BCUT2D eigenvalue weighted by atomic mass is 10.1. The summed E-state index contributed by atoms with van der Waals surface area (Å²) >= 11 is 0. The second kappa shape index (κ2) is 6.28. The maximum absolute atomic E-state index is 13.1. The first-order chi connectivity index (χ1) is 11.4. The standard InChI is InChI=1S/C19H17FN2O2/c1-11-8-12(2)10-16(9-11)21-19(23)17-13(3)24-22-18(17)14-4-6-15(20)7-5-14/h4-10H,1-3H3,(H,21,23).